The van der Waals surface area contributed by atoms with E-state index < -0.39 is 0 Å². The van der Waals surface area contributed by atoms with Gasteiger partial charge in [0.2, 0.25) is 5.91 Å². The van der Waals surface area contributed by atoms with Crippen molar-refractivity contribution in [1.82, 2.24) is 20.9 Å². The van der Waals surface area contributed by atoms with E-state index in [1.807, 2.05) is 31.2 Å². The maximum atomic E-state index is 12.1. The molecule has 1 fully saturated rings. The predicted molar refractivity (Wildman–Crippen MR) is 117 cm³/mol. The van der Waals surface area contributed by atoms with E-state index in [2.05, 4.69) is 20.9 Å². The number of aliphatic imine (C=N–C) groups is 1. The van der Waals surface area contributed by atoms with Crippen LogP contribution in [-0.4, -0.2) is 62.4 Å². The normalized spacial score (nSPS) is 14.5. The van der Waals surface area contributed by atoms with Gasteiger partial charge in [0.25, 0.3) is 5.91 Å². The van der Waals surface area contributed by atoms with Crippen molar-refractivity contribution in [2.75, 3.05) is 33.7 Å². The lowest BCUT2D eigenvalue weighted by Gasteiger charge is -2.13. The van der Waals surface area contributed by atoms with Crippen LogP contribution >= 0.6 is 0 Å². The number of guanidine groups is 1. The fourth-order valence-corrected chi connectivity index (χ4v) is 3.42. The summed E-state index contributed by atoms with van der Waals surface area (Å²) in [6, 6.07) is 8.05. The van der Waals surface area contributed by atoms with E-state index in [0.717, 1.165) is 31.4 Å². The molecule has 0 unspecified atom stereocenters. The first-order valence-electron chi connectivity index (χ1n) is 10.6. The van der Waals surface area contributed by atoms with Crippen molar-refractivity contribution in [3.8, 4) is 0 Å². The van der Waals surface area contributed by atoms with Crippen LogP contribution in [0.4, 0.5) is 0 Å². The summed E-state index contributed by atoms with van der Waals surface area (Å²) in [5.41, 5.74) is 1.79. The molecule has 0 heterocycles. The molecule has 1 aliphatic carbocycles. The fraction of sp³-hybridized carbons (Fsp3) is 0.591. The Kier molecular flexibility index (Phi) is 9.47. The first-order chi connectivity index (χ1) is 14.0. The van der Waals surface area contributed by atoms with E-state index in [1.54, 1.807) is 19.0 Å². The van der Waals surface area contributed by atoms with Gasteiger partial charge in [-0.3, -0.25) is 14.6 Å². The molecule has 29 heavy (non-hydrogen) atoms. The molecule has 0 radical (unpaired) electrons. The zero-order valence-electron chi connectivity index (χ0n) is 18.0. The number of nitrogens with one attached hydrogen (secondary N) is 3. The van der Waals surface area contributed by atoms with Gasteiger partial charge < -0.3 is 20.9 Å². The second-order valence-corrected chi connectivity index (χ2v) is 7.64. The lowest BCUT2D eigenvalue weighted by molar-refractivity contribution is -0.121. The minimum Gasteiger partial charge on any atom is -0.357 e. The van der Waals surface area contributed by atoms with Gasteiger partial charge in [0.05, 0.1) is 6.54 Å². The zero-order chi connectivity index (χ0) is 21.1. The molecule has 1 aromatic rings. The molecule has 0 aliphatic heterocycles. The van der Waals surface area contributed by atoms with Gasteiger partial charge in [-0.05, 0) is 43.9 Å². The molecule has 0 saturated heterocycles. The second kappa shape index (κ2) is 12.1. The monoisotopic (exact) mass is 401 g/mol. The lowest BCUT2D eigenvalue weighted by Crippen LogP contribution is -2.39. The Bertz CT molecular complexity index is 696. The van der Waals surface area contributed by atoms with Crippen LogP contribution in [0.15, 0.2) is 29.3 Å². The molecule has 1 aromatic carbocycles. The summed E-state index contributed by atoms with van der Waals surface area (Å²) >= 11 is 0. The Morgan fingerprint density at radius 3 is 2.62 bits per heavy atom. The highest BCUT2D eigenvalue weighted by Gasteiger charge is 2.16. The van der Waals surface area contributed by atoms with Crippen molar-refractivity contribution in [3.63, 3.8) is 0 Å². The van der Waals surface area contributed by atoms with Crippen LogP contribution in [0, 0.1) is 0 Å². The Morgan fingerprint density at radius 2 is 1.93 bits per heavy atom. The van der Waals surface area contributed by atoms with Crippen molar-refractivity contribution in [2.24, 2.45) is 4.99 Å². The van der Waals surface area contributed by atoms with Gasteiger partial charge in [0, 0.05) is 45.2 Å². The summed E-state index contributed by atoms with van der Waals surface area (Å²) in [5, 5.41) is 9.60. The van der Waals surface area contributed by atoms with E-state index in [4.69, 9.17) is 0 Å². The van der Waals surface area contributed by atoms with Crippen molar-refractivity contribution in [3.05, 3.63) is 35.4 Å². The molecule has 0 bridgehead atoms. The van der Waals surface area contributed by atoms with Crippen LogP contribution in [0.5, 0.6) is 0 Å². The third-order valence-corrected chi connectivity index (χ3v) is 4.96. The summed E-state index contributed by atoms with van der Waals surface area (Å²) in [6.45, 7) is 3.92. The number of hydrogen-bond acceptors (Lipinski definition) is 3. The second-order valence-electron chi connectivity index (χ2n) is 7.64. The van der Waals surface area contributed by atoms with Crippen molar-refractivity contribution in [1.29, 1.82) is 0 Å². The molecule has 2 rings (SSSR count). The molecule has 1 aliphatic rings. The van der Waals surface area contributed by atoms with Crippen molar-refractivity contribution in [2.45, 2.75) is 51.5 Å². The summed E-state index contributed by atoms with van der Waals surface area (Å²) in [7, 11) is 3.51. The Morgan fingerprint density at radius 1 is 1.17 bits per heavy atom. The van der Waals surface area contributed by atoms with Crippen LogP contribution in [0.2, 0.25) is 0 Å². The number of nitrogens with zero attached hydrogens (tertiary/aromatic N) is 2. The lowest BCUT2D eigenvalue weighted by atomic mass is 10.1. The smallest absolute Gasteiger partial charge is 0.253 e. The topological polar surface area (TPSA) is 85.8 Å². The van der Waals surface area contributed by atoms with Gasteiger partial charge in [-0.2, -0.15) is 0 Å². The number of hydrogen-bond donors (Lipinski definition) is 3. The Balaban J connectivity index is 1.78. The minimum atomic E-state index is 0.00518. The molecule has 2 amide bonds. The largest absolute Gasteiger partial charge is 0.357 e. The summed E-state index contributed by atoms with van der Waals surface area (Å²) < 4.78 is 0. The average molecular weight is 402 g/mol. The Hall–Kier alpha value is -2.57. The molecule has 0 atom stereocenters. The fourth-order valence-electron chi connectivity index (χ4n) is 3.42. The molecule has 1 saturated carbocycles. The molecule has 3 N–H and O–H groups in total. The van der Waals surface area contributed by atoms with Crippen LogP contribution in [0.3, 0.4) is 0 Å². The predicted octanol–water partition coefficient (Wildman–Crippen LogP) is 1.93. The van der Waals surface area contributed by atoms with Gasteiger partial charge in [0.15, 0.2) is 5.96 Å². The molecule has 0 spiro atoms. The van der Waals surface area contributed by atoms with E-state index in [-0.39, 0.29) is 11.8 Å². The Labute approximate surface area is 174 Å². The van der Waals surface area contributed by atoms with Gasteiger partial charge in [-0.1, -0.05) is 25.0 Å². The van der Waals surface area contributed by atoms with Crippen LogP contribution in [0.25, 0.3) is 0 Å². The quantitative estimate of drug-likeness (QED) is 0.436. The molecule has 0 aromatic heterocycles. The maximum Gasteiger partial charge on any atom is 0.253 e. The number of carbonyl (C=O) groups is 2. The third kappa shape index (κ3) is 8.13. The zero-order valence-corrected chi connectivity index (χ0v) is 18.0. The molecular formula is C22H35N5O2. The van der Waals surface area contributed by atoms with Crippen molar-refractivity contribution >= 4 is 17.8 Å². The standard InChI is InChI=1S/C22H35N5O2/c1-4-23-22(25-15-13-20(28)26-19-10-5-6-11-19)24-14-12-17-8-7-9-18(16-17)21(29)27(2)3/h7-9,16,19H,4-6,10-15H2,1-3H3,(H,26,28)(H2,23,24,25). The molecule has 7 nitrogen and oxygen atoms in total. The van der Waals surface area contributed by atoms with Gasteiger partial charge in [0.1, 0.15) is 0 Å². The van der Waals surface area contributed by atoms with Gasteiger partial charge in [-0.15, -0.1) is 0 Å². The number of benzene rings is 1. The maximum absolute atomic E-state index is 12.1. The molecule has 160 valence electrons. The first kappa shape index (κ1) is 22.7. The first-order valence-corrected chi connectivity index (χ1v) is 10.6. The minimum absolute atomic E-state index is 0.00518. The average Bonchev–Trinajstić information content (AvgIpc) is 3.20. The highest BCUT2D eigenvalue weighted by atomic mass is 16.2. The van der Waals surface area contributed by atoms with Gasteiger partial charge >= 0.3 is 0 Å². The van der Waals surface area contributed by atoms with E-state index in [0.29, 0.717) is 37.1 Å². The van der Waals surface area contributed by atoms with Crippen LogP contribution < -0.4 is 16.0 Å². The molecular weight excluding hydrogens is 366 g/mol. The highest BCUT2D eigenvalue weighted by molar-refractivity contribution is 5.94. The van der Waals surface area contributed by atoms with Crippen LogP contribution in [0.1, 0.15) is 54.9 Å². The number of rotatable bonds is 9. The van der Waals surface area contributed by atoms with E-state index in [1.165, 1.54) is 12.8 Å². The van der Waals surface area contributed by atoms with E-state index in [9.17, 15) is 9.59 Å². The van der Waals surface area contributed by atoms with Crippen LogP contribution in [-0.2, 0) is 11.2 Å². The summed E-state index contributed by atoms with van der Waals surface area (Å²) in [4.78, 5) is 30.2. The van der Waals surface area contributed by atoms with Gasteiger partial charge in [-0.25, -0.2) is 0 Å². The van der Waals surface area contributed by atoms with E-state index >= 15 is 0 Å². The van der Waals surface area contributed by atoms with Crippen molar-refractivity contribution < 1.29 is 9.59 Å². The summed E-state index contributed by atoms with van der Waals surface area (Å²) in [6.07, 6.45) is 5.80. The number of amides is 2. The summed E-state index contributed by atoms with van der Waals surface area (Å²) in [5.74, 6) is 0.797. The molecule has 7 heteroatoms. The SMILES string of the molecule is CCNC(=NCCC(=O)NC1CCCC1)NCCc1cccc(C(=O)N(C)C)c1. The third-order valence-electron chi connectivity index (χ3n) is 4.96. The number of carbonyl (C=O) groups excluding carboxylic acids is 2. The highest BCUT2D eigenvalue weighted by Crippen LogP contribution is 2.17.